The van der Waals surface area contributed by atoms with Gasteiger partial charge in [-0.3, -0.25) is 0 Å². The highest BCUT2D eigenvalue weighted by Crippen LogP contribution is 2.27. The van der Waals surface area contributed by atoms with Crippen LogP contribution in [0.4, 0.5) is 0 Å². The smallest absolute Gasteiger partial charge is 0.159 e. The van der Waals surface area contributed by atoms with Crippen LogP contribution in [0.2, 0.25) is 0 Å². The van der Waals surface area contributed by atoms with Crippen molar-refractivity contribution in [2.24, 2.45) is 0 Å². The van der Waals surface area contributed by atoms with Gasteiger partial charge in [0, 0.05) is 17.6 Å². The Balaban J connectivity index is 1.97. The maximum Gasteiger partial charge on any atom is 0.159 e. The van der Waals surface area contributed by atoms with Gasteiger partial charge in [0.15, 0.2) is 9.84 Å². The Morgan fingerprint density at radius 1 is 1.37 bits per heavy atom. The maximum absolute atomic E-state index is 12.3. The number of aromatic nitrogens is 1. The molecule has 108 valence electrons. The summed E-state index contributed by atoms with van der Waals surface area (Å²) in [4.78, 5) is 5.36. The lowest BCUT2D eigenvalue weighted by molar-refractivity contribution is 0.483. The first kappa shape index (κ1) is 14.9. The maximum atomic E-state index is 12.3. The van der Waals surface area contributed by atoms with Gasteiger partial charge in [-0.2, -0.15) is 0 Å². The molecule has 1 aliphatic rings. The molecule has 0 spiro atoms. The summed E-state index contributed by atoms with van der Waals surface area (Å²) in [6.45, 7) is 3.74. The third-order valence-corrected chi connectivity index (χ3v) is 6.88. The minimum atomic E-state index is -3.02. The van der Waals surface area contributed by atoms with Crippen molar-refractivity contribution in [2.75, 3.05) is 6.54 Å². The second kappa shape index (κ2) is 6.81. The Hall–Kier alpha value is -0.460. The lowest BCUT2D eigenvalue weighted by atomic mass is 10.0. The number of hydrogen-bond donors (Lipinski definition) is 1. The molecule has 0 atom stereocenters. The van der Waals surface area contributed by atoms with E-state index in [0.29, 0.717) is 0 Å². The van der Waals surface area contributed by atoms with Crippen LogP contribution in [-0.2, 0) is 22.1 Å². The van der Waals surface area contributed by atoms with Crippen LogP contribution in [0.25, 0.3) is 0 Å². The predicted octanol–water partition coefficient (Wildman–Crippen LogP) is 2.50. The molecule has 1 N–H and O–H groups in total. The fourth-order valence-electron chi connectivity index (χ4n) is 2.46. The molecule has 19 heavy (non-hydrogen) atoms. The van der Waals surface area contributed by atoms with Crippen molar-refractivity contribution >= 4 is 21.2 Å². The quantitative estimate of drug-likeness (QED) is 0.877. The zero-order valence-electron chi connectivity index (χ0n) is 11.4. The van der Waals surface area contributed by atoms with E-state index in [9.17, 15) is 8.42 Å². The van der Waals surface area contributed by atoms with Crippen molar-refractivity contribution in [2.45, 2.75) is 56.6 Å². The van der Waals surface area contributed by atoms with Gasteiger partial charge in [0.05, 0.1) is 5.25 Å². The number of nitrogens with zero attached hydrogens (tertiary/aromatic N) is 1. The van der Waals surface area contributed by atoms with Crippen molar-refractivity contribution in [1.82, 2.24) is 10.3 Å². The van der Waals surface area contributed by atoms with Gasteiger partial charge in [0.1, 0.15) is 10.8 Å². The summed E-state index contributed by atoms with van der Waals surface area (Å²) < 4.78 is 24.7. The summed E-state index contributed by atoms with van der Waals surface area (Å²) in [5, 5.41) is 3.82. The van der Waals surface area contributed by atoms with Crippen LogP contribution in [-0.4, -0.2) is 25.2 Å². The van der Waals surface area contributed by atoms with E-state index in [-0.39, 0.29) is 11.0 Å². The molecule has 0 aromatic carbocycles. The Morgan fingerprint density at radius 3 is 2.79 bits per heavy atom. The van der Waals surface area contributed by atoms with Crippen molar-refractivity contribution in [3.63, 3.8) is 0 Å². The van der Waals surface area contributed by atoms with E-state index in [1.807, 2.05) is 0 Å². The van der Waals surface area contributed by atoms with Crippen molar-refractivity contribution in [3.8, 4) is 0 Å². The van der Waals surface area contributed by atoms with Gasteiger partial charge in [-0.1, -0.05) is 26.2 Å². The van der Waals surface area contributed by atoms with E-state index < -0.39 is 9.84 Å². The topological polar surface area (TPSA) is 59.1 Å². The summed E-state index contributed by atoms with van der Waals surface area (Å²) in [5.74, 6) is 0.120. The van der Waals surface area contributed by atoms with Gasteiger partial charge in [-0.25, -0.2) is 13.4 Å². The zero-order valence-corrected chi connectivity index (χ0v) is 13.0. The first-order valence-corrected chi connectivity index (χ1v) is 9.51. The normalized spacial score (nSPS) is 17.7. The van der Waals surface area contributed by atoms with Gasteiger partial charge in [0.2, 0.25) is 0 Å². The Kier molecular flexibility index (Phi) is 5.36. The fourth-order valence-corrected chi connectivity index (χ4v) is 5.58. The molecule has 0 aliphatic heterocycles. The molecule has 1 aromatic heterocycles. The Labute approximate surface area is 119 Å². The van der Waals surface area contributed by atoms with E-state index in [2.05, 4.69) is 17.2 Å². The molecule has 6 heteroatoms. The van der Waals surface area contributed by atoms with Gasteiger partial charge in [-0.15, -0.1) is 11.3 Å². The molecule has 0 bridgehead atoms. The van der Waals surface area contributed by atoms with Crippen LogP contribution >= 0.6 is 11.3 Å². The fraction of sp³-hybridized carbons (Fsp3) is 0.769. The van der Waals surface area contributed by atoms with Gasteiger partial charge >= 0.3 is 0 Å². The third-order valence-electron chi connectivity index (χ3n) is 3.54. The standard InChI is InChI=1S/C13H22N2O2S2/c1-2-14-8-11-9-15-13(18-11)10-19(16,17)12-6-4-3-5-7-12/h9,12,14H,2-8,10H2,1H3. The summed E-state index contributed by atoms with van der Waals surface area (Å²) in [7, 11) is -3.02. The van der Waals surface area contributed by atoms with Crippen LogP contribution in [0.5, 0.6) is 0 Å². The summed E-state index contributed by atoms with van der Waals surface area (Å²) in [5.41, 5.74) is 0. The molecule has 0 radical (unpaired) electrons. The molecule has 4 nitrogen and oxygen atoms in total. The first-order valence-electron chi connectivity index (χ1n) is 6.97. The van der Waals surface area contributed by atoms with E-state index in [1.165, 1.54) is 17.8 Å². The summed E-state index contributed by atoms with van der Waals surface area (Å²) >= 11 is 1.51. The molecular formula is C13H22N2O2S2. The molecule has 1 saturated carbocycles. The summed E-state index contributed by atoms with van der Waals surface area (Å²) in [6.07, 6.45) is 6.73. The minimum Gasteiger partial charge on any atom is -0.312 e. The highest BCUT2D eigenvalue weighted by molar-refractivity contribution is 7.91. The molecule has 1 aromatic rings. The Bertz CT molecular complexity index is 490. The van der Waals surface area contributed by atoms with Crippen LogP contribution in [0.3, 0.4) is 0 Å². The number of hydrogen-bond acceptors (Lipinski definition) is 5. The summed E-state index contributed by atoms with van der Waals surface area (Å²) in [6, 6.07) is 0. The lowest BCUT2D eigenvalue weighted by Crippen LogP contribution is -2.25. The molecule has 0 saturated heterocycles. The molecule has 0 unspecified atom stereocenters. The third kappa shape index (κ3) is 4.26. The zero-order chi connectivity index (χ0) is 13.7. The second-order valence-corrected chi connectivity index (χ2v) is 8.55. The molecule has 0 amide bonds. The number of nitrogens with one attached hydrogen (secondary N) is 1. The van der Waals surface area contributed by atoms with Gasteiger partial charge in [-0.05, 0) is 19.4 Å². The van der Waals surface area contributed by atoms with E-state index in [1.54, 1.807) is 6.20 Å². The number of thiazole rings is 1. The SMILES string of the molecule is CCNCc1cnc(CS(=O)(=O)C2CCCCC2)s1. The van der Waals surface area contributed by atoms with Gasteiger partial charge in [0.25, 0.3) is 0 Å². The second-order valence-electron chi connectivity index (χ2n) is 5.07. The molecule has 2 rings (SSSR count). The monoisotopic (exact) mass is 302 g/mol. The largest absolute Gasteiger partial charge is 0.312 e. The highest BCUT2D eigenvalue weighted by atomic mass is 32.2. The van der Waals surface area contributed by atoms with E-state index in [4.69, 9.17) is 0 Å². The van der Waals surface area contributed by atoms with Gasteiger partial charge < -0.3 is 5.32 Å². The first-order chi connectivity index (χ1) is 9.12. The van der Waals surface area contributed by atoms with Crippen LogP contribution in [0, 0.1) is 0 Å². The van der Waals surface area contributed by atoms with Crippen LogP contribution in [0.1, 0.15) is 48.9 Å². The van der Waals surface area contributed by atoms with Crippen LogP contribution in [0.15, 0.2) is 6.20 Å². The minimum absolute atomic E-state index is 0.120. The van der Waals surface area contributed by atoms with E-state index >= 15 is 0 Å². The predicted molar refractivity (Wildman–Crippen MR) is 79.0 cm³/mol. The average Bonchev–Trinajstić information content (AvgIpc) is 2.84. The molecule has 1 fully saturated rings. The molecule has 1 aliphatic carbocycles. The van der Waals surface area contributed by atoms with Crippen molar-refractivity contribution < 1.29 is 8.42 Å². The van der Waals surface area contributed by atoms with E-state index in [0.717, 1.165) is 48.7 Å². The number of sulfone groups is 1. The lowest BCUT2D eigenvalue weighted by Gasteiger charge is -2.21. The number of rotatable bonds is 6. The molecule has 1 heterocycles. The van der Waals surface area contributed by atoms with Crippen molar-refractivity contribution in [1.29, 1.82) is 0 Å². The molecular weight excluding hydrogens is 280 g/mol. The average molecular weight is 302 g/mol. The van der Waals surface area contributed by atoms with Crippen LogP contribution < -0.4 is 5.32 Å². The highest BCUT2D eigenvalue weighted by Gasteiger charge is 2.28. The van der Waals surface area contributed by atoms with Crippen molar-refractivity contribution in [3.05, 3.63) is 16.1 Å². The Morgan fingerprint density at radius 2 is 2.11 bits per heavy atom.